The maximum Gasteiger partial charge on any atom is 0.270 e. The molecule has 0 saturated carbocycles. The number of thiocarbonyl (C=S) groups is 1. The highest BCUT2D eigenvalue weighted by atomic mass is 35.5. The zero-order valence-corrected chi connectivity index (χ0v) is 19.5. The van der Waals surface area contributed by atoms with Gasteiger partial charge in [-0.2, -0.15) is 0 Å². The molecule has 0 radical (unpaired) electrons. The third kappa shape index (κ3) is 4.78. The number of nitrogens with zero attached hydrogens (tertiary/aromatic N) is 1. The van der Waals surface area contributed by atoms with Crippen LogP contribution in [0.2, 0.25) is 5.02 Å². The Morgan fingerprint density at radius 3 is 2.62 bits per heavy atom. The number of benzene rings is 3. The van der Waals surface area contributed by atoms with Crippen LogP contribution in [-0.2, 0) is 11.4 Å². The fourth-order valence-electron chi connectivity index (χ4n) is 3.20. The Hall–Kier alpha value is -2.93. The van der Waals surface area contributed by atoms with Crippen LogP contribution in [0, 0.1) is 0 Å². The summed E-state index contributed by atoms with van der Waals surface area (Å²) >= 11 is 12.9. The monoisotopic (exact) mass is 479 g/mol. The lowest BCUT2D eigenvalue weighted by Gasteiger charge is -2.15. The lowest BCUT2D eigenvalue weighted by atomic mass is 10.1. The number of anilines is 1. The maximum absolute atomic E-state index is 13.1. The summed E-state index contributed by atoms with van der Waals surface area (Å²) in [6.45, 7) is 1.80. The molecule has 3 aromatic rings. The molecule has 1 heterocycles. The van der Waals surface area contributed by atoms with Crippen molar-refractivity contribution in [3.05, 3.63) is 99.4 Å². The third-order valence-corrected chi connectivity index (χ3v) is 6.52. The minimum Gasteiger partial charge on any atom is -0.488 e. The van der Waals surface area contributed by atoms with Crippen molar-refractivity contribution in [3.8, 4) is 5.75 Å². The first kappa shape index (κ1) is 22.3. The first-order valence-electron chi connectivity index (χ1n) is 9.78. The van der Waals surface area contributed by atoms with Crippen LogP contribution in [0.3, 0.4) is 0 Å². The van der Waals surface area contributed by atoms with E-state index in [0.29, 0.717) is 37.9 Å². The van der Waals surface area contributed by atoms with Crippen LogP contribution in [0.15, 0.2) is 77.7 Å². The van der Waals surface area contributed by atoms with Gasteiger partial charge in [0.15, 0.2) is 10.1 Å². The lowest BCUT2D eigenvalue weighted by Crippen LogP contribution is -2.27. The number of para-hydroxylation sites is 1. The largest absolute Gasteiger partial charge is 0.488 e. The van der Waals surface area contributed by atoms with E-state index in [0.717, 1.165) is 11.1 Å². The van der Waals surface area contributed by atoms with Crippen LogP contribution < -0.4 is 9.64 Å². The number of amides is 1. The fourth-order valence-corrected chi connectivity index (χ4v) is 4.68. The molecule has 0 unspecified atom stereocenters. The van der Waals surface area contributed by atoms with E-state index in [9.17, 15) is 9.59 Å². The summed E-state index contributed by atoms with van der Waals surface area (Å²) < 4.78 is 6.41. The number of Topliss-reactive ketones (excluding diaryl/α,β-unsaturated/α-hetero) is 1. The average Bonchev–Trinajstić information content (AvgIpc) is 3.07. The molecule has 1 aliphatic rings. The molecule has 1 saturated heterocycles. The highest BCUT2D eigenvalue weighted by molar-refractivity contribution is 8.27. The van der Waals surface area contributed by atoms with E-state index >= 15 is 0 Å². The SMILES string of the molecule is CC(=O)c1cccc(N2C(=O)/C(=C/c3ccccc3OCc3ccccc3Cl)SC2=S)c1. The fraction of sp³-hybridized carbons (Fsp3) is 0.0800. The number of ketones is 1. The summed E-state index contributed by atoms with van der Waals surface area (Å²) in [7, 11) is 0. The molecule has 0 aliphatic carbocycles. The van der Waals surface area contributed by atoms with Gasteiger partial charge in [-0.25, -0.2) is 0 Å². The quantitative estimate of drug-likeness (QED) is 0.228. The number of carbonyl (C=O) groups is 2. The third-order valence-electron chi connectivity index (χ3n) is 4.85. The Balaban J connectivity index is 1.59. The van der Waals surface area contributed by atoms with Crippen molar-refractivity contribution in [2.24, 2.45) is 0 Å². The van der Waals surface area contributed by atoms with Gasteiger partial charge >= 0.3 is 0 Å². The van der Waals surface area contributed by atoms with Gasteiger partial charge in [0.05, 0.1) is 10.6 Å². The van der Waals surface area contributed by atoms with E-state index in [-0.39, 0.29) is 11.7 Å². The van der Waals surface area contributed by atoms with Gasteiger partial charge in [0.1, 0.15) is 12.4 Å². The van der Waals surface area contributed by atoms with Crippen molar-refractivity contribution in [2.75, 3.05) is 4.90 Å². The Morgan fingerprint density at radius 2 is 1.84 bits per heavy atom. The minimum atomic E-state index is -0.235. The highest BCUT2D eigenvalue weighted by Crippen LogP contribution is 2.37. The standard InChI is InChI=1S/C25H18ClNO3S2/c1-16(28)17-9-6-10-20(13-17)27-24(29)23(32-25(27)31)14-18-7-3-5-12-22(18)30-15-19-8-2-4-11-21(19)26/h2-14H,15H2,1H3/b23-14-. The van der Waals surface area contributed by atoms with Crippen LogP contribution in [0.4, 0.5) is 5.69 Å². The number of thioether (sulfide) groups is 1. The summed E-state index contributed by atoms with van der Waals surface area (Å²) in [5.74, 6) is 0.329. The van der Waals surface area contributed by atoms with E-state index in [1.165, 1.54) is 23.6 Å². The zero-order valence-electron chi connectivity index (χ0n) is 17.1. The van der Waals surface area contributed by atoms with Crippen LogP contribution in [-0.4, -0.2) is 16.0 Å². The lowest BCUT2D eigenvalue weighted by molar-refractivity contribution is -0.113. The number of rotatable bonds is 6. The molecule has 4 rings (SSSR count). The number of carbonyl (C=O) groups excluding carboxylic acids is 2. The summed E-state index contributed by atoms with van der Waals surface area (Å²) in [6.07, 6.45) is 1.77. The summed E-state index contributed by atoms with van der Waals surface area (Å²) in [5.41, 5.74) is 2.74. The summed E-state index contributed by atoms with van der Waals surface area (Å²) in [4.78, 5) is 26.8. The molecular formula is C25H18ClNO3S2. The predicted octanol–water partition coefficient (Wildman–Crippen LogP) is 6.53. The zero-order chi connectivity index (χ0) is 22.7. The number of halogens is 1. The van der Waals surface area contributed by atoms with Gasteiger partial charge in [0, 0.05) is 21.7 Å². The van der Waals surface area contributed by atoms with E-state index in [1.54, 1.807) is 30.3 Å². The minimum absolute atomic E-state index is 0.0718. The topological polar surface area (TPSA) is 46.6 Å². The molecule has 32 heavy (non-hydrogen) atoms. The molecule has 0 aromatic heterocycles. The van der Waals surface area contributed by atoms with Crippen LogP contribution in [0.5, 0.6) is 5.75 Å². The normalized spacial score (nSPS) is 14.8. The number of hydrogen-bond donors (Lipinski definition) is 0. The van der Waals surface area contributed by atoms with Crippen molar-refractivity contribution in [1.82, 2.24) is 0 Å². The van der Waals surface area contributed by atoms with Crippen molar-refractivity contribution in [1.29, 1.82) is 0 Å². The van der Waals surface area contributed by atoms with Crippen LogP contribution in [0.25, 0.3) is 6.08 Å². The predicted molar refractivity (Wildman–Crippen MR) is 134 cm³/mol. The molecule has 4 nitrogen and oxygen atoms in total. The molecule has 1 aliphatic heterocycles. The first-order valence-corrected chi connectivity index (χ1v) is 11.4. The smallest absolute Gasteiger partial charge is 0.270 e. The van der Waals surface area contributed by atoms with Crippen molar-refractivity contribution in [3.63, 3.8) is 0 Å². The van der Waals surface area contributed by atoms with Gasteiger partial charge in [-0.05, 0) is 37.3 Å². The Labute approximate surface area is 200 Å². The Bertz CT molecular complexity index is 1260. The Morgan fingerprint density at radius 1 is 1.09 bits per heavy atom. The van der Waals surface area contributed by atoms with Gasteiger partial charge in [-0.1, -0.05) is 84.1 Å². The molecule has 1 fully saturated rings. The van der Waals surface area contributed by atoms with Gasteiger partial charge < -0.3 is 4.74 Å². The molecule has 160 valence electrons. The van der Waals surface area contributed by atoms with Crippen molar-refractivity contribution in [2.45, 2.75) is 13.5 Å². The molecule has 0 N–H and O–H groups in total. The summed E-state index contributed by atoms with van der Waals surface area (Å²) in [6, 6.07) is 21.9. The molecule has 7 heteroatoms. The molecule has 0 atom stereocenters. The van der Waals surface area contributed by atoms with Crippen molar-refractivity contribution >= 4 is 63.4 Å². The maximum atomic E-state index is 13.1. The summed E-state index contributed by atoms with van der Waals surface area (Å²) in [5, 5.41) is 0.638. The van der Waals surface area contributed by atoms with Crippen molar-refractivity contribution < 1.29 is 14.3 Å². The molecule has 0 bridgehead atoms. The second-order valence-corrected chi connectivity index (χ2v) is 9.12. The van der Waals surface area contributed by atoms with Gasteiger partial charge in [-0.15, -0.1) is 0 Å². The van der Waals surface area contributed by atoms with E-state index in [1.807, 2.05) is 48.5 Å². The average molecular weight is 480 g/mol. The van der Waals surface area contributed by atoms with Crippen LogP contribution >= 0.6 is 35.6 Å². The highest BCUT2D eigenvalue weighted by Gasteiger charge is 2.33. The second-order valence-electron chi connectivity index (χ2n) is 7.04. The van der Waals surface area contributed by atoms with Gasteiger partial charge in [-0.3, -0.25) is 14.5 Å². The molecular weight excluding hydrogens is 462 g/mol. The number of ether oxygens (including phenoxy) is 1. The van der Waals surface area contributed by atoms with E-state index in [4.69, 9.17) is 28.6 Å². The molecule has 3 aromatic carbocycles. The van der Waals surface area contributed by atoms with E-state index < -0.39 is 0 Å². The van der Waals surface area contributed by atoms with Gasteiger partial charge in [0.25, 0.3) is 5.91 Å². The second kappa shape index (κ2) is 9.69. The van der Waals surface area contributed by atoms with E-state index in [2.05, 4.69) is 0 Å². The molecule has 1 amide bonds. The molecule has 0 spiro atoms. The van der Waals surface area contributed by atoms with Crippen LogP contribution in [0.1, 0.15) is 28.4 Å². The van der Waals surface area contributed by atoms with Gasteiger partial charge in [0.2, 0.25) is 0 Å². The number of hydrogen-bond acceptors (Lipinski definition) is 5. The Kier molecular flexibility index (Phi) is 6.74. The first-order chi connectivity index (χ1) is 15.4.